The summed E-state index contributed by atoms with van der Waals surface area (Å²) >= 11 is 5.80. The van der Waals surface area contributed by atoms with Crippen molar-refractivity contribution in [1.29, 1.82) is 0 Å². The van der Waals surface area contributed by atoms with Crippen molar-refractivity contribution in [2.24, 2.45) is 0 Å². The molecule has 0 aromatic heterocycles. The van der Waals surface area contributed by atoms with E-state index < -0.39 is 0 Å². The molecule has 0 spiro atoms. The molecule has 0 radical (unpaired) electrons. The van der Waals surface area contributed by atoms with Gasteiger partial charge in [0.05, 0.1) is 6.61 Å². The Balaban J connectivity index is 2.97. The van der Waals surface area contributed by atoms with Crippen molar-refractivity contribution in [1.82, 2.24) is 0 Å². The Morgan fingerprint density at radius 2 is 2.25 bits per heavy atom. The van der Waals surface area contributed by atoms with Gasteiger partial charge in [-0.05, 0) is 30.2 Å². The number of aliphatic hydroxyl groups excluding tert-OH is 1. The van der Waals surface area contributed by atoms with Gasteiger partial charge in [0.2, 0.25) is 0 Å². The first-order chi connectivity index (χ1) is 5.74. The fourth-order valence-corrected chi connectivity index (χ4v) is 1.15. The zero-order chi connectivity index (χ0) is 8.97. The quantitative estimate of drug-likeness (QED) is 0.746. The van der Waals surface area contributed by atoms with Crippen LogP contribution in [0.15, 0.2) is 24.3 Å². The van der Waals surface area contributed by atoms with Crippen LogP contribution < -0.4 is 0 Å². The summed E-state index contributed by atoms with van der Waals surface area (Å²) in [5, 5.41) is 9.29. The van der Waals surface area contributed by atoms with Gasteiger partial charge in [0.15, 0.2) is 0 Å². The van der Waals surface area contributed by atoms with Gasteiger partial charge in [-0.3, -0.25) is 0 Å². The van der Waals surface area contributed by atoms with Crippen LogP contribution in [0.2, 0.25) is 5.02 Å². The van der Waals surface area contributed by atoms with E-state index in [1.807, 2.05) is 31.2 Å². The number of aryl methyl sites for hydroxylation is 1. The molecule has 1 aromatic rings. The Morgan fingerprint density at radius 1 is 1.50 bits per heavy atom. The van der Waals surface area contributed by atoms with Crippen LogP contribution in [-0.4, -0.2) is 11.7 Å². The fourth-order valence-electron chi connectivity index (χ4n) is 0.971. The maximum Gasteiger partial charge on any atom is 0.0615 e. The van der Waals surface area contributed by atoms with Crippen LogP contribution in [0.1, 0.15) is 11.1 Å². The van der Waals surface area contributed by atoms with Crippen molar-refractivity contribution in [3.8, 4) is 0 Å². The predicted octanol–water partition coefficient (Wildman–Crippen LogP) is 2.65. The van der Waals surface area contributed by atoms with Gasteiger partial charge >= 0.3 is 0 Å². The van der Waals surface area contributed by atoms with Gasteiger partial charge in [0.1, 0.15) is 0 Å². The Morgan fingerprint density at radius 3 is 2.92 bits per heavy atom. The Hall–Kier alpha value is -0.790. The van der Waals surface area contributed by atoms with E-state index in [0.29, 0.717) is 0 Å². The maximum atomic E-state index is 8.57. The predicted molar refractivity (Wildman–Crippen MR) is 52.3 cm³/mol. The minimum atomic E-state index is 0.0615. The number of rotatable bonds is 2. The van der Waals surface area contributed by atoms with Crippen LogP contribution in [0, 0.1) is 6.92 Å². The zero-order valence-corrected chi connectivity index (χ0v) is 7.67. The molecule has 0 amide bonds. The zero-order valence-electron chi connectivity index (χ0n) is 6.92. The third-order valence-corrected chi connectivity index (χ3v) is 1.88. The van der Waals surface area contributed by atoms with E-state index in [1.54, 1.807) is 6.08 Å². The molecular weight excluding hydrogens is 172 g/mol. The van der Waals surface area contributed by atoms with Crippen molar-refractivity contribution in [2.45, 2.75) is 6.92 Å². The van der Waals surface area contributed by atoms with Gasteiger partial charge in [0.25, 0.3) is 0 Å². The highest BCUT2D eigenvalue weighted by atomic mass is 35.5. The van der Waals surface area contributed by atoms with Crippen LogP contribution in [0.3, 0.4) is 0 Å². The van der Waals surface area contributed by atoms with Crippen LogP contribution in [-0.2, 0) is 0 Å². The molecule has 0 bridgehead atoms. The second-order valence-corrected chi connectivity index (χ2v) is 3.02. The molecule has 12 heavy (non-hydrogen) atoms. The molecule has 0 saturated carbocycles. The van der Waals surface area contributed by atoms with Crippen molar-refractivity contribution < 1.29 is 5.11 Å². The summed E-state index contributed by atoms with van der Waals surface area (Å²) in [7, 11) is 0. The lowest BCUT2D eigenvalue weighted by molar-refractivity contribution is 0.343. The number of hydrogen-bond donors (Lipinski definition) is 1. The van der Waals surface area contributed by atoms with Gasteiger partial charge in [0, 0.05) is 5.02 Å². The fraction of sp³-hybridized carbons (Fsp3) is 0.200. The summed E-state index contributed by atoms with van der Waals surface area (Å²) in [5.41, 5.74) is 2.21. The Bertz CT molecular complexity index is 292. The number of halogens is 1. The van der Waals surface area contributed by atoms with Crippen LogP contribution in [0.4, 0.5) is 0 Å². The highest BCUT2D eigenvalue weighted by molar-refractivity contribution is 6.30. The first kappa shape index (κ1) is 9.30. The molecule has 0 unspecified atom stereocenters. The lowest BCUT2D eigenvalue weighted by Gasteiger charge is -1.99. The molecule has 1 N–H and O–H groups in total. The molecule has 0 atom stereocenters. The average molecular weight is 183 g/mol. The van der Waals surface area contributed by atoms with E-state index in [1.165, 1.54) is 0 Å². The molecule has 1 aromatic carbocycles. The number of hydrogen-bond acceptors (Lipinski definition) is 1. The van der Waals surface area contributed by atoms with Gasteiger partial charge in [-0.1, -0.05) is 29.8 Å². The maximum absolute atomic E-state index is 8.57. The number of benzene rings is 1. The minimum Gasteiger partial charge on any atom is -0.392 e. The summed E-state index contributed by atoms with van der Waals surface area (Å²) in [4.78, 5) is 0. The van der Waals surface area contributed by atoms with Gasteiger partial charge in [-0.2, -0.15) is 0 Å². The van der Waals surface area contributed by atoms with Gasteiger partial charge in [-0.25, -0.2) is 0 Å². The minimum absolute atomic E-state index is 0.0615. The molecule has 2 heteroatoms. The highest BCUT2D eigenvalue weighted by Gasteiger charge is 1.94. The largest absolute Gasteiger partial charge is 0.392 e. The number of aliphatic hydroxyl groups is 1. The van der Waals surface area contributed by atoms with Crippen molar-refractivity contribution >= 4 is 17.7 Å². The van der Waals surface area contributed by atoms with Crippen LogP contribution >= 0.6 is 11.6 Å². The molecule has 1 rings (SSSR count). The standard InChI is InChI=1S/C10H11ClO/c1-8-4-5-10(11)7-9(8)3-2-6-12/h2-5,7,12H,6H2,1H3. The molecule has 1 nitrogen and oxygen atoms in total. The van der Waals surface area contributed by atoms with Gasteiger partial charge in [-0.15, -0.1) is 0 Å². The third-order valence-electron chi connectivity index (χ3n) is 1.64. The molecule has 0 aliphatic rings. The summed E-state index contributed by atoms with van der Waals surface area (Å²) in [5.74, 6) is 0. The van der Waals surface area contributed by atoms with Crippen molar-refractivity contribution in [2.75, 3.05) is 6.61 Å². The van der Waals surface area contributed by atoms with E-state index in [9.17, 15) is 0 Å². The smallest absolute Gasteiger partial charge is 0.0615 e. The molecule has 0 heterocycles. The van der Waals surface area contributed by atoms with E-state index in [-0.39, 0.29) is 6.61 Å². The topological polar surface area (TPSA) is 20.2 Å². The molecular formula is C10H11ClO. The second-order valence-electron chi connectivity index (χ2n) is 2.59. The Labute approximate surface area is 77.3 Å². The highest BCUT2D eigenvalue weighted by Crippen LogP contribution is 2.16. The lowest BCUT2D eigenvalue weighted by atomic mass is 10.1. The normalized spacial score (nSPS) is 10.9. The van der Waals surface area contributed by atoms with Crippen LogP contribution in [0.25, 0.3) is 6.08 Å². The molecule has 0 aliphatic carbocycles. The van der Waals surface area contributed by atoms with E-state index >= 15 is 0 Å². The SMILES string of the molecule is Cc1ccc(Cl)cc1C=CCO. The molecule has 64 valence electrons. The van der Waals surface area contributed by atoms with Gasteiger partial charge < -0.3 is 5.11 Å². The van der Waals surface area contributed by atoms with E-state index in [4.69, 9.17) is 16.7 Å². The summed E-state index contributed by atoms with van der Waals surface area (Å²) < 4.78 is 0. The summed E-state index contributed by atoms with van der Waals surface area (Å²) in [6.07, 6.45) is 3.56. The average Bonchev–Trinajstić information content (AvgIpc) is 2.07. The third kappa shape index (κ3) is 2.36. The first-order valence-electron chi connectivity index (χ1n) is 3.77. The molecule has 0 fully saturated rings. The lowest BCUT2D eigenvalue weighted by Crippen LogP contribution is -1.80. The van der Waals surface area contributed by atoms with Crippen LogP contribution in [0.5, 0.6) is 0 Å². The Kier molecular flexibility index (Phi) is 3.32. The second kappa shape index (κ2) is 4.29. The summed E-state index contributed by atoms with van der Waals surface area (Å²) in [6, 6.07) is 5.69. The summed E-state index contributed by atoms with van der Waals surface area (Å²) in [6.45, 7) is 2.07. The monoisotopic (exact) mass is 182 g/mol. The van der Waals surface area contributed by atoms with Crippen molar-refractivity contribution in [3.05, 3.63) is 40.4 Å². The first-order valence-corrected chi connectivity index (χ1v) is 4.15. The van der Waals surface area contributed by atoms with E-state index in [0.717, 1.165) is 16.1 Å². The van der Waals surface area contributed by atoms with Crippen molar-refractivity contribution in [3.63, 3.8) is 0 Å². The van der Waals surface area contributed by atoms with E-state index in [2.05, 4.69) is 0 Å². The molecule has 0 aliphatic heterocycles. The molecule has 0 saturated heterocycles.